The van der Waals surface area contributed by atoms with Crippen LogP contribution in [0.5, 0.6) is 0 Å². The van der Waals surface area contributed by atoms with E-state index >= 15 is 4.39 Å². The zero-order valence-corrected chi connectivity index (χ0v) is 18.7. The van der Waals surface area contributed by atoms with Crippen molar-refractivity contribution in [1.29, 1.82) is 0 Å². The minimum absolute atomic E-state index is 0.0387. The van der Waals surface area contributed by atoms with Gasteiger partial charge in [-0.05, 0) is 17.2 Å². The summed E-state index contributed by atoms with van der Waals surface area (Å²) in [6.45, 7) is 0. The number of nitrogens with zero attached hydrogens (tertiary/aromatic N) is 2. The predicted octanol–water partition coefficient (Wildman–Crippen LogP) is 5.11. The quantitative estimate of drug-likeness (QED) is 0.357. The van der Waals surface area contributed by atoms with Crippen LogP contribution in [0, 0.1) is 5.82 Å². The lowest BCUT2D eigenvalue weighted by atomic mass is 10.0. The molecule has 3 N–H and O–H groups in total. The molecule has 1 atom stereocenters. The maximum Gasteiger partial charge on any atom is 0.408 e. The Kier molecular flexibility index (Phi) is 6.55. The van der Waals surface area contributed by atoms with Gasteiger partial charge in [0.1, 0.15) is 16.8 Å². The van der Waals surface area contributed by atoms with E-state index in [1.165, 1.54) is 42.5 Å². The van der Waals surface area contributed by atoms with E-state index in [0.29, 0.717) is 5.56 Å². The third-order valence-electron chi connectivity index (χ3n) is 5.13. The molecule has 3 aromatic carbocycles. The summed E-state index contributed by atoms with van der Waals surface area (Å²) in [4.78, 5) is 6.84. The molecule has 6 nitrogen and oxygen atoms in total. The van der Waals surface area contributed by atoms with Gasteiger partial charge < -0.3 is 5.73 Å². The highest BCUT2D eigenvalue weighted by Gasteiger charge is 2.44. The number of nitrogens with two attached hydrogens (primary N) is 1. The van der Waals surface area contributed by atoms with E-state index in [-0.39, 0.29) is 28.2 Å². The third-order valence-corrected chi connectivity index (χ3v) is 6.61. The van der Waals surface area contributed by atoms with Gasteiger partial charge in [-0.25, -0.2) is 17.8 Å². The first-order chi connectivity index (χ1) is 16.6. The second-order valence-corrected chi connectivity index (χ2v) is 9.15. The molecule has 0 saturated carbocycles. The van der Waals surface area contributed by atoms with Crippen LogP contribution in [0.2, 0.25) is 0 Å². The monoisotopic (exact) mass is 502 g/mol. The van der Waals surface area contributed by atoms with Crippen LogP contribution < -0.4 is 10.5 Å². The molecule has 4 rings (SSSR count). The van der Waals surface area contributed by atoms with Crippen LogP contribution in [0.1, 0.15) is 11.6 Å². The fourth-order valence-corrected chi connectivity index (χ4v) is 5.04. The summed E-state index contributed by atoms with van der Waals surface area (Å²) in [7, 11) is -5.06. The van der Waals surface area contributed by atoms with E-state index in [2.05, 4.69) is 9.97 Å². The molecule has 0 amide bonds. The number of alkyl halides is 3. The lowest BCUT2D eigenvalue weighted by Crippen LogP contribution is -2.38. The second kappa shape index (κ2) is 9.43. The topological polar surface area (TPSA) is 98.0 Å². The lowest BCUT2D eigenvalue weighted by Gasteiger charge is -2.23. The molecule has 0 aliphatic rings. The first-order valence-electron chi connectivity index (χ1n) is 10.2. The van der Waals surface area contributed by atoms with Crippen LogP contribution in [0.4, 0.5) is 23.4 Å². The van der Waals surface area contributed by atoms with E-state index in [1.54, 1.807) is 22.9 Å². The van der Waals surface area contributed by atoms with Crippen molar-refractivity contribution in [2.24, 2.45) is 0 Å². The highest BCUT2D eigenvalue weighted by Crippen LogP contribution is 2.38. The largest absolute Gasteiger partial charge is 0.408 e. The van der Waals surface area contributed by atoms with E-state index < -0.39 is 33.0 Å². The van der Waals surface area contributed by atoms with Crippen molar-refractivity contribution >= 4 is 15.8 Å². The van der Waals surface area contributed by atoms with Gasteiger partial charge in [0, 0.05) is 11.1 Å². The lowest BCUT2D eigenvalue weighted by molar-refractivity contribution is -0.153. The summed E-state index contributed by atoms with van der Waals surface area (Å²) in [5.41, 5.74) is 5.05. The smallest absolute Gasteiger partial charge is 0.382 e. The molecule has 1 heterocycles. The minimum atomic E-state index is -5.06. The molecular formula is C24H18F4N4O2S. The van der Waals surface area contributed by atoms with Gasteiger partial charge in [-0.1, -0.05) is 66.7 Å². The summed E-state index contributed by atoms with van der Waals surface area (Å²) in [5.74, 6) is -1.22. The van der Waals surface area contributed by atoms with Crippen LogP contribution >= 0.6 is 0 Å². The van der Waals surface area contributed by atoms with Crippen molar-refractivity contribution in [1.82, 2.24) is 14.7 Å². The van der Waals surface area contributed by atoms with Crippen LogP contribution in [-0.2, 0) is 10.0 Å². The van der Waals surface area contributed by atoms with Gasteiger partial charge in [0.25, 0.3) is 0 Å². The first-order valence-corrected chi connectivity index (χ1v) is 11.7. The Morgan fingerprint density at radius 1 is 0.829 bits per heavy atom. The van der Waals surface area contributed by atoms with Gasteiger partial charge >= 0.3 is 6.18 Å². The molecule has 35 heavy (non-hydrogen) atoms. The Bertz CT molecular complexity index is 1430. The summed E-state index contributed by atoms with van der Waals surface area (Å²) in [5, 5.41) is 0. The minimum Gasteiger partial charge on any atom is -0.382 e. The van der Waals surface area contributed by atoms with Gasteiger partial charge in [-0.3, -0.25) is 4.98 Å². The van der Waals surface area contributed by atoms with Crippen molar-refractivity contribution in [3.63, 3.8) is 0 Å². The van der Waals surface area contributed by atoms with Gasteiger partial charge in [0.2, 0.25) is 10.0 Å². The van der Waals surface area contributed by atoms with Crippen molar-refractivity contribution in [3.05, 3.63) is 96.6 Å². The van der Waals surface area contributed by atoms with E-state index in [4.69, 9.17) is 5.73 Å². The summed E-state index contributed by atoms with van der Waals surface area (Å²) in [6.07, 6.45) is -2.69. The molecule has 0 aliphatic heterocycles. The molecule has 0 fully saturated rings. The first kappa shape index (κ1) is 24.3. The number of aromatic nitrogens is 2. The normalized spacial score (nSPS) is 12.9. The van der Waals surface area contributed by atoms with E-state index in [1.807, 2.05) is 0 Å². The van der Waals surface area contributed by atoms with Crippen molar-refractivity contribution in [2.75, 3.05) is 5.73 Å². The molecule has 0 bridgehead atoms. The number of hydrogen-bond acceptors (Lipinski definition) is 5. The summed E-state index contributed by atoms with van der Waals surface area (Å²) in [6, 6.07) is 14.4. The van der Waals surface area contributed by atoms with Gasteiger partial charge in [-0.15, -0.1) is 0 Å². The van der Waals surface area contributed by atoms with Gasteiger partial charge in [0.15, 0.2) is 5.82 Å². The standard InChI is InChI=1S/C24H18F4N4O2S/c25-21-18(19-13-31-20(29)14-30-19)12-11-17(15-7-3-1-4-8-15)22(21)35(33,34)32-23(24(26,27)28)16-9-5-2-6-10-16/h1-14,23,32H,(H2,29,31)/t23-/m1/s1. The maximum absolute atomic E-state index is 15.9. The van der Waals surface area contributed by atoms with Crippen LogP contribution in [0.25, 0.3) is 22.4 Å². The number of sulfonamides is 1. The van der Waals surface area contributed by atoms with Gasteiger partial charge in [0.05, 0.1) is 18.1 Å². The molecule has 0 aliphatic carbocycles. The Balaban J connectivity index is 1.91. The third kappa shape index (κ3) is 5.15. The summed E-state index contributed by atoms with van der Waals surface area (Å²) < 4.78 is 86.0. The fraction of sp³-hybridized carbons (Fsp3) is 0.0833. The maximum atomic E-state index is 15.9. The molecule has 0 radical (unpaired) electrons. The number of hydrogen-bond donors (Lipinski definition) is 2. The van der Waals surface area contributed by atoms with Crippen LogP contribution in [0.3, 0.4) is 0 Å². The number of halogens is 4. The SMILES string of the molecule is Nc1cnc(-c2ccc(-c3ccccc3)c(S(=O)(=O)N[C@H](c3ccccc3)C(F)(F)F)c2F)cn1. The van der Waals surface area contributed by atoms with Crippen LogP contribution in [-0.4, -0.2) is 24.6 Å². The van der Waals surface area contributed by atoms with Crippen molar-refractivity contribution < 1.29 is 26.0 Å². The highest BCUT2D eigenvalue weighted by molar-refractivity contribution is 7.89. The predicted molar refractivity (Wildman–Crippen MR) is 123 cm³/mol. The molecular weight excluding hydrogens is 484 g/mol. The zero-order chi connectivity index (χ0) is 25.2. The number of nitrogens with one attached hydrogen (secondary N) is 1. The molecule has 4 aromatic rings. The molecule has 0 saturated heterocycles. The summed E-state index contributed by atoms with van der Waals surface area (Å²) >= 11 is 0. The Morgan fingerprint density at radius 3 is 2.00 bits per heavy atom. The number of rotatable bonds is 6. The van der Waals surface area contributed by atoms with E-state index in [0.717, 1.165) is 24.5 Å². The second-order valence-electron chi connectivity index (χ2n) is 7.50. The molecule has 0 unspecified atom stereocenters. The van der Waals surface area contributed by atoms with Crippen LogP contribution in [0.15, 0.2) is 90.1 Å². The number of nitrogen functional groups attached to an aromatic ring is 1. The van der Waals surface area contributed by atoms with E-state index in [9.17, 15) is 21.6 Å². The average molecular weight is 502 g/mol. The molecule has 11 heteroatoms. The molecule has 0 spiro atoms. The Morgan fingerprint density at radius 2 is 1.43 bits per heavy atom. The van der Waals surface area contributed by atoms with Crippen molar-refractivity contribution in [2.45, 2.75) is 17.1 Å². The Labute approximate surface area is 198 Å². The van der Waals surface area contributed by atoms with Crippen molar-refractivity contribution in [3.8, 4) is 22.4 Å². The average Bonchev–Trinajstić information content (AvgIpc) is 2.83. The number of anilines is 1. The zero-order valence-electron chi connectivity index (χ0n) is 17.9. The molecule has 1 aromatic heterocycles. The molecule has 180 valence electrons. The van der Waals surface area contributed by atoms with Gasteiger partial charge in [-0.2, -0.15) is 17.9 Å². The fourth-order valence-electron chi connectivity index (χ4n) is 3.52. The number of benzene rings is 3. The Hall–Kier alpha value is -3.83. The highest BCUT2D eigenvalue weighted by atomic mass is 32.2.